The van der Waals surface area contributed by atoms with Crippen LogP contribution in [0, 0.1) is 0 Å². The number of fused-ring (bicyclic) bond motifs is 1. The lowest BCUT2D eigenvalue weighted by molar-refractivity contribution is 0.0692. The van der Waals surface area contributed by atoms with Crippen LogP contribution in [0.3, 0.4) is 0 Å². The molecule has 0 spiro atoms. The van der Waals surface area contributed by atoms with Gasteiger partial charge in [-0.05, 0) is 36.6 Å². The number of rotatable bonds is 3. The number of hydrogen-bond donors (Lipinski definition) is 2. The lowest BCUT2D eigenvalue weighted by Crippen LogP contribution is -2.31. The molecule has 3 heterocycles. The average molecular weight is 415 g/mol. The van der Waals surface area contributed by atoms with Gasteiger partial charge in [-0.3, -0.25) is 9.36 Å². The molecule has 1 aromatic carbocycles. The summed E-state index contributed by atoms with van der Waals surface area (Å²) < 4.78 is 30.8. The quantitative estimate of drug-likeness (QED) is 0.653. The van der Waals surface area contributed by atoms with Crippen LogP contribution < -0.4 is 17.0 Å². The molecule has 0 amide bonds. The van der Waals surface area contributed by atoms with Crippen molar-refractivity contribution in [1.82, 2.24) is 14.5 Å². The SMILES string of the molecule is CS(=O)(=O)c1cc(-c2ccc3nc(N)n(C4CCOCC4)c(=O)c3c2)cnc1N. The normalized spacial score (nSPS) is 15.6. The Hall–Kier alpha value is -2.98. The van der Waals surface area contributed by atoms with Crippen molar-refractivity contribution in [2.24, 2.45) is 0 Å². The van der Waals surface area contributed by atoms with E-state index in [2.05, 4.69) is 9.97 Å². The zero-order chi connectivity index (χ0) is 20.8. The molecule has 4 N–H and O–H groups in total. The minimum absolute atomic E-state index is 0.0508. The highest BCUT2D eigenvalue weighted by molar-refractivity contribution is 7.90. The second-order valence-electron chi connectivity index (χ2n) is 7.10. The summed E-state index contributed by atoms with van der Waals surface area (Å²) in [4.78, 5) is 21.5. The van der Waals surface area contributed by atoms with Crippen LogP contribution in [0.15, 0.2) is 40.2 Å². The molecule has 2 aromatic heterocycles. The molecular formula is C19H21N5O4S. The van der Waals surface area contributed by atoms with Crippen molar-refractivity contribution in [3.05, 3.63) is 40.8 Å². The van der Waals surface area contributed by atoms with Gasteiger partial charge < -0.3 is 16.2 Å². The van der Waals surface area contributed by atoms with E-state index in [0.29, 0.717) is 48.1 Å². The first-order chi connectivity index (χ1) is 13.8. The van der Waals surface area contributed by atoms with E-state index < -0.39 is 9.84 Å². The number of aromatic nitrogens is 3. The van der Waals surface area contributed by atoms with Gasteiger partial charge in [0.1, 0.15) is 10.7 Å². The third-order valence-electron chi connectivity index (χ3n) is 5.10. The molecule has 9 nitrogen and oxygen atoms in total. The maximum absolute atomic E-state index is 13.2. The molecule has 0 atom stereocenters. The van der Waals surface area contributed by atoms with Gasteiger partial charge in [-0.2, -0.15) is 0 Å². The van der Waals surface area contributed by atoms with E-state index in [1.807, 2.05) is 0 Å². The molecule has 0 saturated carbocycles. The molecule has 1 saturated heterocycles. The summed E-state index contributed by atoms with van der Waals surface area (Å²) in [6, 6.07) is 6.51. The van der Waals surface area contributed by atoms with Crippen molar-refractivity contribution < 1.29 is 13.2 Å². The molecular weight excluding hydrogens is 394 g/mol. The minimum atomic E-state index is -3.54. The Balaban J connectivity index is 1.87. The predicted octanol–water partition coefficient (Wildman–Crippen LogP) is 1.38. The molecule has 0 bridgehead atoms. The first-order valence-corrected chi connectivity index (χ1v) is 11.0. The van der Waals surface area contributed by atoms with Crippen molar-refractivity contribution in [3.63, 3.8) is 0 Å². The Bertz CT molecular complexity index is 1260. The standard InChI is InChI=1S/C19H21N5O4S/c1-29(26,27)16-9-12(10-22-17(16)20)11-2-3-15-14(8-11)18(25)24(19(21)23-15)13-4-6-28-7-5-13/h2-3,8-10,13H,4-7H2,1H3,(H2,20,22)(H2,21,23). The van der Waals surface area contributed by atoms with E-state index in [0.717, 1.165) is 6.26 Å². The summed E-state index contributed by atoms with van der Waals surface area (Å²) in [5.41, 5.74) is 13.2. The highest BCUT2D eigenvalue weighted by atomic mass is 32.2. The van der Waals surface area contributed by atoms with Gasteiger partial charge in [0.25, 0.3) is 5.56 Å². The third kappa shape index (κ3) is 3.56. The van der Waals surface area contributed by atoms with E-state index in [-0.39, 0.29) is 28.3 Å². The van der Waals surface area contributed by atoms with Gasteiger partial charge in [-0.15, -0.1) is 0 Å². The van der Waals surface area contributed by atoms with E-state index in [4.69, 9.17) is 16.2 Å². The smallest absolute Gasteiger partial charge is 0.263 e. The van der Waals surface area contributed by atoms with Gasteiger partial charge >= 0.3 is 0 Å². The van der Waals surface area contributed by atoms with Gasteiger partial charge in [0.05, 0.1) is 10.9 Å². The fourth-order valence-corrected chi connectivity index (χ4v) is 4.38. The third-order valence-corrected chi connectivity index (χ3v) is 6.22. The second-order valence-corrected chi connectivity index (χ2v) is 9.08. The van der Waals surface area contributed by atoms with Gasteiger partial charge in [-0.25, -0.2) is 18.4 Å². The van der Waals surface area contributed by atoms with Crippen LogP contribution in [-0.2, 0) is 14.6 Å². The molecule has 1 aliphatic rings. The molecule has 0 aliphatic carbocycles. The Morgan fingerprint density at radius 1 is 1.14 bits per heavy atom. The first-order valence-electron chi connectivity index (χ1n) is 9.11. The molecule has 10 heteroatoms. The van der Waals surface area contributed by atoms with Crippen LogP contribution in [-0.4, -0.2) is 42.4 Å². The molecule has 3 aromatic rings. The number of nitrogens with zero attached hydrogens (tertiary/aromatic N) is 3. The second kappa shape index (κ2) is 7.12. The van der Waals surface area contributed by atoms with E-state index >= 15 is 0 Å². The minimum Gasteiger partial charge on any atom is -0.383 e. The molecule has 0 unspecified atom stereocenters. The van der Waals surface area contributed by atoms with Gasteiger partial charge in [0.2, 0.25) is 5.95 Å². The van der Waals surface area contributed by atoms with Crippen LogP contribution in [0.1, 0.15) is 18.9 Å². The molecule has 29 heavy (non-hydrogen) atoms. The summed E-state index contributed by atoms with van der Waals surface area (Å²) in [5, 5.41) is 0.404. The lowest BCUT2D eigenvalue weighted by atomic mass is 10.0. The van der Waals surface area contributed by atoms with Crippen LogP contribution in [0.25, 0.3) is 22.0 Å². The Kier molecular flexibility index (Phi) is 4.75. The highest BCUT2D eigenvalue weighted by Crippen LogP contribution is 2.28. The number of nitrogen functional groups attached to an aromatic ring is 2. The number of anilines is 2. The molecule has 152 valence electrons. The van der Waals surface area contributed by atoms with Gasteiger partial charge in [-0.1, -0.05) is 6.07 Å². The fraction of sp³-hybridized carbons (Fsp3) is 0.316. The zero-order valence-electron chi connectivity index (χ0n) is 15.8. The van der Waals surface area contributed by atoms with Crippen molar-refractivity contribution in [3.8, 4) is 11.1 Å². The van der Waals surface area contributed by atoms with Crippen LogP contribution in [0.5, 0.6) is 0 Å². The monoisotopic (exact) mass is 415 g/mol. The Morgan fingerprint density at radius 3 is 2.55 bits per heavy atom. The molecule has 1 fully saturated rings. The van der Waals surface area contributed by atoms with Crippen molar-refractivity contribution in [2.75, 3.05) is 30.9 Å². The topological polar surface area (TPSA) is 143 Å². The lowest BCUT2D eigenvalue weighted by Gasteiger charge is -2.25. The van der Waals surface area contributed by atoms with Crippen LogP contribution >= 0.6 is 0 Å². The van der Waals surface area contributed by atoms with Gasteiger partial charge in [0, 0.05) is 37.3 Å². The maximum Gasteiger partial charge on any atom is 0.263 e. The zero-order valence-corrected chi connectivity index (χ0v) is 16.6. The van der Waals surface area contributed by atoms with Gasteiger partial charge in [0.15, 0.2) is 9.84 Å². The average Bonchev–Trinajstić information content (AvgIpc) is 2.68. The molecule has 0 radical (unpaired) electrons. The van der Waals surface area contributed by atoms with Crippen molar-refractivity contribution in [2.45, 2.75) is 23.8 Å². The van der Waals surface area contributed by atoms with Crippen molar-refractivity contribution in [1.29, 1.82) is 0 Å². The van der Waals surface area contributed by atoms with Crippen LogP contribution in [0.2, 0.25) is 0 Å². The number of sulfone groups is 1. The maximum atomic E-state index is 13.2. The fourth-order valence-electron chi connectivity index (χ4n) is 3.60. The Labute approximate surface area is 167 Å². The Morgan fingerprint density at radius 2 is 1.86 bits per heavy atom. The highest BCUT2D eigenvalue weighted by Gasteiger charge is 2.21. The number of ether oxygens (including phenoxy) is 1. The molecule has 4 rings (SSSR count). The van der Waals surface area contributed by atoms with E-state index in [1.165, 1.54) is 16.8 Å². The number of benzene rings is 1. The number of nitrogens with two attached hydrogens (primary N) is 2. The molecule has 1 aliphatic heterocycles. The number of pyridine rings is 1. The van der Waals surface area contributed by atoms with E-state index in [9.17, 15) is 13.2 Å². The van der Waals surface area contributed by atoms with Crippen LogP contribution in [0.4, 0.5) is 11.8 Å². The first kappa shape index (κ1) is 19.3. The summed E-state index contributed by atoms with van der Waals surface area (Å²) in [7, 11) is -3.54. The summed E-state index contributed by atoms with van der Waals surface area (Å²) in [6.45, 7) is 1.14. The van der Waals surface area contributed by atoms with Crippen molar-refractivity contribution >= 4 is 32.5 Å². The van der Waals surface area contributed by atoms with E-state index in [1.54, 1.807) is 18.2 Å². The largest absolute Gasteiger partial charge is 0.383 e. The predicted molar refractivity (Wildman–Crippen MR) is 110 cm³/mol. The summed E-state index contributed by atoms with van der Waals surface area (Å²) >= 11 is 0. The summed E-state index contributed by atoms with van der Waals surface area (Å²) in [6.07, 6.45) is 3.93. The number of hydrogen-bond acceptors (Lipinski definition) is 8. The summed E-state index contributed by atoms with van der Waals surface area (Å²) in [5.74, 6) is 0.115.